The highest BCUT2D eigenvalue weighted by atomic mass is 16.3. The largest absolute Gasteiger partial charge is 0.391 e. The third-order valence-corrected chi connectivity index (χ3v) is 4.18. The Balaban J connectivity index is 1.94. The maximum atomic E-state index is 9.96. The molecular formula is C12H23NO. The van der Waals surface area contributed by atoms with Crippen molar-refractivity contribution in [1.29, 1.82) is 0 Å². The van der Waals surface area contributed by atoms with Gasteiger partial charge in [0, 0.05) is 19.1 Å². The SMILES string of the molecule is CC1CN(C2CCCCC2O)CC1C. The number of nitrogens with zero attached hydrogens (tertiary/aromatic N) is 1. The maximum absolute atomic E-state index is 9.96. The molecule has 0 aromatic carbocycles. The molecule has 4 atom stereocenters. The minimum atomic E-state index is -0.0544. The van der Waals surface area contributed by atoms with E-state index in [-0.39, 0.29) is 6.10 Å². The molecule has 0 aromatic rings. The number of hydrogen-bond donors (Lipinski definition) is 1. The molecule has 1 saturated heterocycles. The van der Waals surface area contributed by atoms with E-state index in [1.54, 1.807) is 0 Å². The molecule has 0 amide bonds. The first-order valence-corrected chi connectivity index (χ1v) is 6.10. The van der Waals surface area contributed by atoms with Crippen molar-refractivity contribution in [1.82, 2.24) is 4.90 Å². The first-order valence-electron chi connectivity index (χ1n) is 6.10. The molecule has 1 heterocycles. The Morgan fingerprint density at radius 3 is 2.14 bits per heavy atom. The number of rotatable bonds is 1. The molecule has 0 aromatic heterocycles. The van der Waals surface area contributed by atoms with Crippen LogP contribution in [-0.2, 0) is 0 Å². The summed E-state index contributed by atoms with van der Waals surface area (Å²) in [6.45, 7) is 7.06. The second-order valence-corrected chi connectivity index (χ2v) is 5.33. The van der Waals surface area contributed by atoms with Crippen molar-refractivity contribution in [3.8, 4) is 0 Å². The Labute approximate surface area is 87.3 Å². The molecule has 2 fully saturated rings. The highest BCUT2D eigenvalue weighted by Gasteiger charge is 2.35. The fourth-order valence-corrected chi connectivity index (χ4v) is 2.96. The topological polar surface area (TPSA) is 23.5 Å². The van der Waals surface area contributed by atoms with Gasteiger partial charge in [0.1, 0.15) is 0 Å². The van der Waals surface area contributed by atoms with Gasteiger partial charge in [-0.05, 0) is 24.7 Å². The van der Waals surface area contributed by atoms with Crippen LogP contribution >= 0.6 is 0 Å². The lowest BCUT2D eigenvalue weighted by Crippen LogP contribution is -2.44. The molecule has 2 heteroatoms. The van der Waals surface area contributed by atoms with Gasteiger partial charge in [-0.15, -0.1) is 0 Å². The van der Waals surface area contributed by atoms with Crippen molar-refractivity contribution in [2.45, 2.75) is 51.7 Å². The lowest BCUT2D eigenvalue weighted by molar-refractivity contribution is 0.0288. The zero-order valence-electron chi connectivity index (χ0n) is 9.45. The van der Waals surface area contributed by atoms with Gasteiger partial charge in [-0.2, -0.15) is 0 Å². The maximum Gasteiger partial charge on any atom is 0.0695 e. The predicted molar refractivity (Wildman–Crippen MR) is 58.2 cm³/mol. The second-order valence-electron chi connectivity index (χ2n) is 5.33. The molecule has 2 rings (SSSR count). The summed E-state index contributed by atoms with van der Waals surface area (Å²) in [6, 6.07) is 0.469. The van der Waals surface area contributed by atoms with E-state index in [1.165, 1.54) is 32.4 Å². The van der Waals surface area contributed by atoms with Crippen LogP contribution in [0, 0.1) is 11.8 Å². The molecular weight excluding hydrogens is 174 g/mol. The molecule has 82 valence electrons. The van der Waals surface area contributed by atoms with Crippen LogP contribution in [0.25, 0.3) is 0 Å². The molecule has 1 saturated carbocycles. The van der Waals surface area contributed by atoms with E-state index in [1.807, 2.05) is 0 Å². The first kappa shape index (κ1) is 10.4. The van der Waals surface area contributed by atoms with E-state index < -0.39 is 0 Å². The number of aliphatic hydroxyl groups is 1. The molecule has 1 aliphatic carbocycles. The zero-order chi connectivity index (χ0) is 10.1. The average molecular weight is 197 g/mol. The van der Waals surface area contributed by atoms with Gasteiger partial charge in [0.05, 0.1) is 6.10 Å². The van der Waals surface area contributed by atoms with Crippen LogP contribution in [0.2, 0.25) is 0 Å². The normalized spacial score (nSPS) is 45.6. The van der Waals surface area contributed by atoms with Crippen LogP contribution in [0.1, 0.15) is 39.5 Å². The molecule has 0 bridgehead atoms. The van der Waals surface area contributed by atoms with Gasteiger partial charge < -0.3 is 5.11 Å². The molecule has 2 nitrogen and oxygen atoms in total. The van der Waals surface area contributed by atoms with Crippen LogP contribution in [0.3, 0.4) is 0 Å². The summed E-state index contributed by atoms with van der Waals surface area (Å²) in [5.41, 5.74) is 0. The molecule has 2 aliphatic rings. The van der Waals surface area contributed by atoms with Crippen molar-refractivity contribution >= 4 is 0 Å². The van der Waals surface area contributed by atoms with Gasteiger partial charge in [-0.25, -0.2) is 0 Å². The summed E-state index contributed by atoms with van der Waals surface area (Å²) in [7, 11) is 0. The smallest absolute Gasteiger partial charge is 0.0695 e. The fourth-order valence-electron chi connectivity index (χ4n) is 2.96. The Morgan fingerprint density at radius 2 is 1.57 bits per heavy atom. The third-order valence-electron chi connectivity index (χ3n) is 4.18. The minimum Gasteiger partial charge on any atom is -0.391 e. The Hall–Kier alpha value is -0.0800. The van der Waals surface area contributed by atoms with Crippen molar-refractivity contribution in [2.75, 3.05) is 13.1 Å². The fraction of sp³-hybridized carbons (Fsp3) is 1.00. The standard InChI is InChI=1S/C12H23NO/c1-9-7-13(8-10(9)2)11-5-3-4-6-12(11)14/h9-12,14H,3-8H2,1-2H3. The number of hydrogen-bond acceptors (Lipinski definition) is 2. The van der Waals surface area contributed by atoms with E-state index in [0.717, 1.165) is 18.3 Å². The van der Waals surface area contributed by atoms with Gasteiger partial charge in [0.25, 0.3) is 0 Å². The van der Waals surface area contributed by atoms with Crippen LogP contribution in [0.4, 0.5) is 0 Å². The lowest BCUT2D eigenvalue weighted by atomic mass is 9.91. The van der Waals surface area contributed by atoms with Crippen LogP contribution < -0.4 is 0 Å². The first-order chi connectivity index (χ1) is 6.68. The summed E-state index contributed by atoms with van der Waals surface area (Å²) < 4.78 is 0. The summed E-state index contributed by atoms with van der Waals surface area (Å²) in [6.07, 6.45) is 4.70. The summed E-state index contributed by atoms with van der Waals surface area (Å²) in [4.78, 5) is 2.53. The van der Waals surface area contributed by atoms with Crippen molar-refractivity contribution in [3.63, 3.8) is 0 Å². The van der Waals surface area contributed by atoms with Crippen molar-refractivity contribution < 1.29 is 5.11 Å². The molecule has 1 aliphatic heterocycles. The number of aliphatic hydroxyl groups excluding tert-OH is 1. The van der Waals surface area contributed by atoms with Crippen LogP contribution in [0.15, 0.2) is 0 Å². The Bertz CT molecular complexity index is 185. The highest BCUT2D eigenvalue weighted by molar-refractivity contribution is 4.89. The lowest BCUT2D eigenvalue weighted by Gasteiger charge is -2.35. The van der Waals surface area contributed by atoms with E-state index in [0.29, 0.717) is 6.04 Å². The van der Waals surface area contributed by atoms with Gasteiger partial charge in [-0.1, -0.05) is 26.7 Å². The van der Waals surface area contributed by atoms with Gasteiger partial charge in [0.15, 0.2) is 0 Å². The number of likely N-dealkylation sites (tertiary alicyclic amines) is 1. The average Bonchev–Trinajstić information content (AvgIpc) is 2.48. The molecule has 1 N–H and O–H groups in total. The van der Waals surface area contributed by atoms with E-state index in [9.17, 15) is 5.11 Å². The molecule has 14 heavy (non-hydrogen) atoms. The van der Waals surface area contributed by atoms with Crippen molar-refractivity contribution in [3.05, 3.63) is 0 Å². The predicted octanol–water partition coefficient (Wildman–Crippen LogP) is 1.88. The second kappa shape index (κ2) is 4.19. The van der Waals surface area contributed by atoms with Gasteiger partial charge in [0.2, 0.25) is 0 Å². The van der Waals surface area contributed by atoms with Gasteiger partial charge in [-0.3, -0.25) is 4.90 Å². The van der Waals surface area contributed by atoms with E-state index >= 15 is 0 Å². The summed E-state index contributed by atoms with van der Waals surface area (Å²) in [5.74, 6) is 1.62. The molecule has 0 spiro atoms. The molecule has 4 unspecified atom stereocenters. The zero-order valence-corrected chi connectivity index (χ0v) is 9.45. The Kier molecular flexibility index (Phi) is 3.13. The Morgan fingerprint density at radius 1 is 1.00 bits per heavy atom. The summed E-state index contributed by atoms with van der Waals surface area (Å²) >= 11 is 0. The highest BCUT2D eigenvalue weighted by Crippen LogP contribution is 2.30. The summed E-state index contributed by atoms with van der Waals surface area (Å²) in [5, 5.41) is 9.96. The monoisotopic (exact) mass is 197 g/mol. The quantitative estimate of drug-likeness (QED) is 0.694. The van der Waals surface area contributed by atoms with Crippen LogP contribution in [0.5, 0.6) is 0 Å². The van der Waals surface area contributed by atoms with Crippen molar-refractivity contribution in [2.24, 2.45) is 11.8 Å². The van der Waals surface area contributed by atoms with E-state index in [4.69, 9.17) is 0 Å². The van der Waals surface area contributed by atoms with Gasteiger partial charge >= 0.3 is 0 Å². The minimum absolute atomic E-state index is 0.0544. The third kappa shape index (κ3) is 1.96. The van der Waals surface area contributed by atoms with E-state index in [2.05, 4.69) is 18.7 Å². The van der Waals surface area contributed by atoms with Crippen LogP contribution in [-0.4, -0.2) is 35.2 Å². The molecule has 0 radical (unpaired) electrons.